The maximum absolute atomic E-state index is 11.2. The van der Waals surface area contributed by atoms with Crippen LogP contribution in [-0.4, -0.2) is 42.4 Å². The molecule has 3 aliphatic rings. The van der Waals surface area contributed by atoms with E-state index in [1.165, 1.54) is 0 Å². The van der Waals surface area contributed by atoms with Gasteiger partial charge in [0.25, 0.3) is 0 Å². The molecule has 114 valence electrons. The lowest BCUT2D eigenvalue weighted by atomic mass is 9.61. The highest BCUT2D eigenvalue weighted by Crippen LogP contribution is 2.66. The molecular formula is C16H26O4. The molecule has 3 fully saturated rings. The molecule has 1 saturated heterocycles. The monoisotopic (exact) mass is 282 g/mol. The van der Waals surface area contributed by atoms with Gasteiger partial charge in [0, 0.05) is 12.5 Å². The van der Waals surface area contributed by atoms with Crippen LogP contribution in [0.25, 0.3) is 0 Å². The fourth-order valence-corrected chi connectivity index (χ4v) is 5.08. The SMILES string of the molecule is C=C1CO[C@@H](OC)C12C[C@@H]1C[C@@H](O)C[C@@H](C)[C@]1(C)[C@H]2O. The van der Waals surface area contributed by atoms with E-state index in [1.807, 2.05) is 0 Å². The molecule has 2 aliphatic carbocycles. The first-order valence-corrected chi connectivity index (χ1v) is 7.56. The highest BCUT2D eigenvalue weighted by molar-refractivity contribution is 5.27. The molecule has 3 rings (SSSR count). The largest absolute Gasteiger partial charge is 0.393 e. The van der Waals surface area contributed by atoms with E-state index in [4.69, 9.17) is 9.47 Å². The number of fused-ring (bicyclic) bond motifs is 1. The van der Waals surface area contributed by atoms with Crippen molar-refractivity contribution in [2.45, 2.75) is 51.6 Å². The number of rotatable bonds is 1. The Balaban J connectivity index is 2.03. The summed E-state index contributed by atoms with van der Waals surface area (Å²) < 4.78 is 11.2. The van der Waals surface area contributed by atoms with Gasteiger partial charge >= 0.3 is 0 Å². The van der Waals surface area contributed by atoms with Crippen molar-refractivity contribution < 1.29 is 19.7 Å². The standard InChI is InChI=1S/C16H26O4/c1-9-5-12(17)6-11-7-16(13(18)15(9,11)3)10(2)8-20-14(16)19-4/h9,11-14,17-18H,2,5-8H2,1,3-4H3/t9-,11+,12+,13-,14-,15+,16?/m1/s1. The third-order valence-corrected chi connectivity index (χ3v) is 6.49. The number of hydrogen-bond donors (Lipinski definition) is 2. The minimum atomic E-state index is -0.526. The molecule has 0 aromatic carbocycles. The molecule has 0 amide bonds. The third-order valence-electron chi connectivity index (χ3n) is 6.49. The molecule has 0 aromatic rings. The van der Waals surface area contributed by atoms with Gasteiger partial charge in [-0.05, 0) is 36.7 Å². The fourth-order valence-electron chi connectivity index (χ4n) is 5.08. The molecule has 1 spiro atoms. The molecule has 20 heavy (non-hydrogen) atoms. The van der Waals surface area contributed by atoms with Gasteiger partial charge in [0.1, 0.15) is 0 Å². The van der Waals surface area contributed by atoms with Crippen LogP contribution in [0.15, 0.2) is 12.2 Å². The number of aliphatic hydroxyl groups is 2. The third kappa shape index (κ3) is 1.56. The first-order chi connectivity index (χ1) is 9.37. The Morgan fingerprint density at radius 2 is 2.05 bits per heavy atom. The quantitative estimate of drug-likeness (QED) is 0.719. The van der Waals surface area contributed by atoms with E-state index in [1.54, 1.807) is 7.11 Å². The summed E-state index contributed by atoms with van der Waals surface area (Å²) in [6.45, 7) is 8.89. The summed E-state index contributed by atoms with van der Waals surface area (Å²) in [5.74, 6) is 0.559. The second kappa shape index (κ2) is 4.54. The van der Waals surface area contributed by atoms with Crippen LogP contribution in [-0.2, 0) is 9.47 Å². The van der Waals surface area contributed by atoms with Gasteiger partial charge in [-0.3, -0.25) is 0 Å². The van der Waals surface area contributed by atoms with Crippen LogP contribution in [0.5, 0.6) is 0 Å². The Kier molecular flexibility index (Phi) is 3.29. The molecule has 4 heteroatoms. The molecule has 1 aliphatic heterocycles. The lowest BCUT2D eigenvalue weighted by Gasteiger charge is -2.47. The van der Waals surface area contributed by atoms with Crippen molar-refractivity contribution in [3.63, 3.8) is 0 Å². The number of hydrogen-bond acceptors (Lipinski definition) is 4. The van der Waals surface area contributed by atoms with Gasteiger partial charge in [-0.2, -0.15) is 0 Å². The highest BCUT2D eigenvalue weighted by Gasteiger charge is 2.68. The Morgan fingerprint density at radius 3 is 2.70 bits per heavy atom. The zero-order valence-corrected chi connectivity index (χ0v) is 12.6. The minimum absolute atomic E-state index is 0.202. The normalized spacial score (nSPS) is 55.5. The van der Waals surface area contributed by atoms with Gasteiger partial charge in [0.2, 0.25) is 0 Å². The Bertz CT molecular complexity index is 423. The summed E-state index contributed by atoms with van der Waals surface area (Å²) in [5, 5.41) is 21.2. The molecule has 2 N–H and O–H groups in total. The topological polar surface area (TPSA) is 58.9 Å². The zero-order chi connectivity index (χ0) is 14.7. The van der Waals surface area contributed by atoms with Gasteiger partial charge in [0.05, 0.1) is 24.2 Å². The van der Waals surface area contributed by atoms with E-state index >= 15 is 0 Å². The predicted molar refractivity (Wildman–Crippen MR) is 74.9 cm³/mol. The van der Waals surface area contributed by atoms with E-state index in [0.29, 0.717) is 6.61 Å². The molecular weight excluding hydrogens is 256 g/mol. The average molecular weight is 282 g/mol. The fraction of sp³-hybridized carbons (Fsp3) is 0.875. The van der Waals surface area contributed by atoms with E-state index in [-0.39, 0.29) is 23.4 Å². The Labute approximate surface area is 120 Å². The van der Waals surface area contributed by atoms with Crippen LogP contribution >= 0.6 is 0 Å². The van der Waals surface area contributed by atoms with Gasteiger partial charge < -0.3 is 19.7 Å². The smallest absolute Gasteiger partial charge is 0.169 e. The van der Waals surface area contributed by atoms with Gasteiger partial charge in [-0.15, -0.1) is 0 Å². The van der Waals surface area contributed by atoms with Gasteiger partial charge in [-0.1, -0.05) is 20.4 Å². The first-order valence-electron chi connectivity index (χ1n) is 7.56. The number of aliphatic hydroxyl groups excluding tert-OH is 2. The molecule has 2 saturated carbocycles. The van der Waals surface area contributed by atoms with Crippen LogP contribution in [0.4, 0.5) is 0 Å². The van der Waals surface area contributed by atoms with Crippen LogP contribution in [0, 0.1) is 22.7 Å². The van der Waals surface area contributed by atoms with E-state index < -0.39 is 17.8 Å². The molecule has 0 bridgehead atoms. The van der Waals surface area contributed by atoms with Crippen molar-refractivity contribution in [3.8, 4) is 0 Å². The number of methoxy groups -OCH3 is 1. The molecule has 1 unspecified atom stereocenters. The molecule has 0 aromatic heterocycles. The zero-order valence-electron chi connectivity index (χ0n) is 12.6. The van der Waals surface area contributed by atoms with Crippen molar-refractivity contribution in [1.29, 1.82) is 0 Å². The first kappa shape index (κ1) is 14.5. The van der Waals surface area contributed by atoms with Crippen molar-refractivity contribution in [2.75, 3.05) is 13.7 Å². The van der Waals surface area contributed by atoms with Crippen molar-refractivity contribution in [1.82, 2.24) is 0 Å². The maximum atomic E-state index is 11.2. The van der Waals surface area contributed by atoms with E-state index in [0.717, 1.165) is 24.8 Å². The second-order valence-corrected chi connectivity index (χ2v) is 7.22. The number of ether oxygens (including phenoxy) is 2. The lowest BCUT2D eigenvalue weighted by Crippen LogP contribution is -2.50. The summed E-state index contributed by atoms with van der Waals surface area (Å²) >= 11 is 0. The summed E-state index contributed by atoms with van der Waals surface area (Å²) in [5.41, 5.74) is 0.230. The van der Waals surface area contributed by atoms with Gasteiger partial charge in [0.15, 0.2) is 6.29 Å². The summed E-state index contributed by atoms with van der Waals surface area (Å²) in [4.78, 5) is 0. The Morgan fingerprint density at radius 1 is 1.35 bits per heavy atom. The maximum Gasteiger partial charge on any atom is 0.169 e. The lowest BCUT2D eigenvalue weighted by molar-refractivity contribution is -0.175. The molecule has 7 atom stereocenters. The van der Waals surface area contributed by atoms with Crippen LogP contribution in [0.3, 0.4) is 0 Å². The molecule has 0 radical (unpaired) electrons. The Hall–Kier alpha value is -0.420. The van der Waals surface area contributed by atoms with Crippen LogP contribution in [0.1, 0.15) is 33.1 Å². The summed E-state index contributed by atoms with van der Waals surface area (Å²) in [6, 6.07) is 0. The van der Waals surface area contributed by atoms with Crippen molar-refractivity contribution in [3.05, 3.63) is 12.2 Å². The average Bonchev–Trinajstić information content (AvgIpc) is 2.82. The van der Waals surface area contributed by atoms with Crippen molar-refractivity contribution in [2.24, 2.45) is 22.7 Å². The van der Waals surface area contributed by atoms with Crippen LogP contribution < -0.4 is 0 Å². The molecule has 4 nitrogen and oxygen atoms in total. The highest BCUT2D eigenvalue weighted by atomic mass is 16.7. The summed E-state index contributed by atoms with van der Waals surface area (Å²) in [6.07, 6.45) is 1.10. The molecule has 1 heterocycles. The van der Waals surface area contributed by atoms with E-state index in [2.05, 4.69) is 20.4 Å². The van der Waals surface area contributed by atoms with Crippen LogP contribution in [0.2, 0.25) is 0 Å². The van der Waals surface area contributed by atoms with Crippen molar-refractivity contribution >= 4 is 0 Å². The predicted octanol–water partition coefficient (Wildman–Crippen LogP) is 1.71. The second-order valence-electron chi connectivity index (χ2n) is 7.22. The minimum Gasteiger partial charge on any atom is -0.393 e. The van der Waals surface area contributed by atoms with E-state index in [9.17, 15) is 10.2 Å². The van der Waals surface area contributed by atoms with Gasteiger partial charge in [-0.25, -0.2) is 0 Å². The summed E-state index contributed by atoms with van der Waals surface area (Å²) in [7, 11) is 1.63.